The lowest BCUT2D eigenvalue weighted by Gasteiger charge is -2.28. The van der Waals surface area contributed by atoms with Crippen LogP contribution in [0.3, 0.4) is 0 Å². The van der Waals surface area contributed by atoms with Gasteiger partial charge in [-0.3, -0.25) is 10.1 Å². The molecule has 0 radical (unpaired) electrons. The molecule has 0 aliphatic carbocycles. The van der Waals surface area contributed by atoms with E-state index in [-0.39, 0.29) is 0 Å². The van der Waals surface area contributed by atoms with Crippen LogP contribution in [0.1, 0.15) is 0 Å². The van der Waals surface area contributed by atoms with E-state index in [1.807, 2.05) is 4.90 Å². The van der Waals surface area contributed by atoms with Crippen LogP contribution >= 0.6 is 0 Å². The molecule has 5 nitrogen and oxygen atoms in total. The van der Waals surface area contributed by atoms with Crippen LogP contribution in [0.4, 0.5) is 15.8 Å². The molecule has 1 aliphatic heterocycles. The molecule has 6 heteroatoms. The largest absolute Gasteiger partial charge is 0.363 e. The van der Waals surface area contributed by atoms with Crippen molar-refractivity contribution in [2.24, 2.45) is 0 Å². The van der Waals surface area contributed by atoms with Crippen molar-refractivity contribution in [3.8, 4) is 0 Å². The van der Waals surface area contributed by atoms with Crippen molar-refractivity contribution in [3.05, 3.63) is 34.1 Å². The molecule has 1 heterocycles. The van der Waals surface area contributed by atoms with Crippen LogP contribution in [-0.4, -0.2) is 31.1 Å². The summed E-state index contributed by atoms with van der Waals surface area (Å²) in [6.45, 7) is 2.83. The monoisotopic (exact) mass is 225 g/mol. The summed E-state index contributed by atoms with van der Waals surface area (Å²) in [5.41, 5.74) is -0.0594. The molecule has 0 aromatic heterocycles. The number of rotatable bonds is 2. The average molecular weight is 225 g/mol. The van der Waals surface area contributed by atoms with Gasteiger partial charge < -0.3 is 10.2 Å². The second kappa shape index (κ2) is 4.44. The Labute approximate surface area is 92.0 Å². The Morgan fingerprint density at radius 1 is 1.38 bits per heavy atom. The lowest BCUT2D eigenvalue weighted by molar-refractivity contribution is -0.386. The number of para-hydroxylation sites is 1. The predicted octanol–water partition coefficient (Wildman–Crippen LogP) is 1.14. The van der Waals surface area contributed by atoms with Crippen molar-refractivity contribution in [3.63, 3.8) is 0 Å². The molecule has 1 saturated heterocycles. The van der Waals surface area contributed by atoms with Gasteiger partial charge in [-0.15, -0.1) is 0 Å². The second-order valence-corrected chi connectivity index (χ2v) is 3.60. The van der Waals surface area contributed by atoms with Gasteiger partial charge in [-0.25, -0.2) is 0 Å². The molecule has 1 aromatic carbocycles. The summed E-state index contributed by atoms with van der Waals surface area (Å²) in [7, 11) is 0. The Kier molecular flexibility index (Phi) is 3.00. The fourth-order valence-corrected chi connectivity index (χ4v) is 1.85. The van der Waals surface area contributed by atoms with Crippen LogP contribution < -0.4 is 10.2 Å². The van der Waals surface area contributed by atoms with E-state index < -0.39 is 16.4 Å². The molecule has 0 unspecified atom stereocenters. The second-order valence-electron chi connectivity index (χ2n) is 3.60. The summed E-state index contributed by atoms with van der Waals surface area (Å²) in [5, 5.41) is 14.0. The van der Waals surface area contributed by atoms with Gasteiger partial charge in [-0.2, -0.15) is 4.39 Å². The SMILES string of the molecule is O=[N+]([O-])c1c(F)cccc1N1CCNCC1. The Balaban J connectivity index is 2.38. The van der Waals surface area contributed by atoms with Crippen molar-refractivity contribution in [1.82, 2.24) is 5.32 Å². The summed E-state index contributed by atoms with van der Waals surface area (Å²) >= 11 is 0. The highest BCUT2D eigenvalue weighted by Crippen LogP contribution is 2.30. The first-order chi connectivity index (χ1) is 7.70. The first-order valence-electron chi connectivity index (χ1n) is 5.08. The average Bonchev–Trinajstić information content (AvgIpc) is 2.29. The third-order valence-corrected chi connectivity index (χ3v) is 2.61. The van der Waals surface area contributed by atoms with Gasteiger partial charge in [-0.05, 0) is 12.1 Å². The number of hydrogen-bond acceptors (Lipinski definition) is 4. The van der Waals surface area contributed by atoms with Gasteiger partial charge in [0.15, 0.2) is 0 Å². The van der Waals surface area contributed by atoms with Crippen LogP contribution in [0.5, 0.6) is 0 Å². The number of piperazine rings is 1. The van der Waals surface area contributed by atoms with Gasteiger partial charge >= 0.3 is 5.69 Å². The Morgan fingerprint density at radius 3 is 2.69 bits per heavy atom. The van der Waals surface area contributed by atoms with E-state index in [2.05, 4.69) is 5.32 Å². The molecule has 0 atom stereocenters. The van der Waals surface area contributed by atoms with Crippen LogP contribution in [0, 0.1) is 15.9 Å². The molecule has 1 aromatic rings. The normalized spacial score (nSPS) is 16.2. The number of halogens is 1. The first kappa shape index (κ1) is 10.8. The fraction of sp³-hybridized carbons (Fsp3) is 0.400. The number of nitrogens with zero attached hydrogens (tertiary/aromatic N) is 2. The van der Waals surface area contributed by atoms with Crippen molar-refractivity contribution < 1.29 is 9.31 Å². The maximum atomic E-state index is 13.4. The molecule has 86 valence electrons. The molecule has 1 aliphatic rings. The van der Waals surface area contributed by atoms with E-state index in [1.165, 1.54) is 6.07 Å². The number of nitro benzene ring substituents is 1. The summed E-state index contributed by atoms with van der Waals surface area (Å²) in [6.07, 6.45) is 0. The standard InChI is InChI=1S/C10H12FN3O2/c11-8-2-1-3-9(10(8)14(15)16)13-6-4-12-5-7-13/h1-3,12H,4-7H2. The Hall–Kier alpha value is -1.69. The van der Waals surface area contributed by atoms with Gasteiger partial charge in [0.2, 0.25) is 5.82 Å². The van der Waals surface area contributed by atoms with E-state index >= 15 is 0 Å². The van der Waals surface area contributed by atoms with Gasteiger partial charge in [-0.1, -0.05) is 6.07 Å². The Bertz CT molecular complexity index is 405. The zero-order valence-corrected chi connectivity index (χ0v) is 8.65. The molecule has 0 bridgehead atoms. The highest BCUT2D eigenvalue weighted by atomic mass is 19.1. The molecule has 2 rings (SSSR count). The van der Waals surface area contributed by atoms with Gasteiger partial charge in [0.05, 0.1) is 4.92 Å². The molecule has 1 N–H and O–H groups in total. The molecular weight excluding hydrogens is 213 g/mol. The van der Waals surface area contributed by atoms with Gasteiger partial charge in [0.1, 0.15) is 5.69 Å². The van der Waals surface area contributed by atoms with E-state index in [4.69, 9.17) is 0 Å². The van der Waals surface area contributed by atoms with Crippen molar-refractivity contribution in [2.45, 2.75) is 0 Å². The lowest BCUT2D eigenvalue weighted by atomic mass is 10.2. The summed E-state index contributed by atoms with van der Waals surface area (Å²) < 4.78 is 13.4. The van der Waals surface area contributed by atoms with Crippen molar-refractivity contribution in [1.29, 1.82) is 0 Å². The first-order valence-corrected chi connectivity index (χ1v) is 5.08. The van der Waals surface area contributed by atoms with Crippen molar-refractivity contribution in [2.75, 3.05) is 31.1 Å². The zero-order chi connectivity index (χ0) is 11.5. The topological polar surface area (TPSA) is 58.4 Å². The number of nitrogens with one attached hydrogen (secondary N) is 1. The molecule has 0 amide bonds. The molecule has 16 heavy (non-hydrogen) atoms. The molecular formula is C10H12FN3O2. The lowest BCUT2D eigenvalue weighted by Crippen LogP contribution is -2.43. The quantitative estimate of drug-likeness (QED) is 0.605. The third kappa shape index (κ3) is 1.96. The maximum absolute atomic E-state index is 13.4. The number of nitro groups is 1. The zero-order valence-electron chi connectivity index (χ0n) is 8.65. The third-order valence-electron chi connectivity index (χ3n) is 2.61. The van der Waals surface area contributed by atoms with Gasteiger partial charge in [0, 0.05) is 26.2 Å². The summed E-state index contributed by atoms with van der Waals surface area (Å²) in [6, 6.07) is 4.20. The van der Waals surface area contributed by atoms with E-state index in [9.17, 15) is 14.5 Å². The molecule has 1 fully saturated rings. The minimum atomic E-state index is -0.777. The van der Waals surface area contributed by atoms with Crippen LogP contribution in [0.15, 0.2) is 18.2 Å². The van der Waals surface area contributed by atoms with Gasteiger partial charge in [0.25, 0.3) is 0 Å². The van der Waals surface area contributed by atoms with E-state index in [0.29, 0.717) is 18.8 Å². The van der Waals surface area contributed by atoms with Crippen molar-refractivity contribution >= 4 is 11.4 Å². The predicted molar refractivity (Wildman–Crippen MR) is 58.1 cm³/mol. The fourth-order valence-electron chi connectivity index (χ4n) is 1.85. The highest BCUT2D eigenvalue weighted by Gasteiger charge is 2.24. The van der Waals surface area contributed by atoms with Crippen LogP contribution in [0.2, 0.25) is 0 Å². The van der Waals surface area contributed by atoms with E-state index in [0.717, 1.165) is 19.2 Å². The minimum absolute atomic E-state index is 0.367. The molecule has 0 saturated carbocycles. The Morgan fingerprint density at radius 2 is 2.06 bits per heavy atom. The summed E-state index contributed by atoms with van der Waals surface area (Å²) in [5.74, 6) is -0.777. The van der Waals surface area contributed by atoms with Crippen LogP contribution in [0.25, 0.3) is 0 Å². The molecule has 0 spiro atoms. The maximum Gasteiger partial charge on any atom is 0.327 e. The van der Waals surface area contributed by atoms with E-state index in [1.54, 1.807) is 6.07 Å². The smallest absolute Gasteiger partial charge is 0.327 e. The number of hydrogen-bond donors (Lipinski definition) is 1. The number of benzene rings is 1. The van der Waals surface area contributed by atoms with Crippen LogP contribution in [-0.2, 0) is 0 Å². The minimum Gasteiger partial charge on any atom is -0.363 e. The number of anilines is 1. The highest BCUT2D eigenvalue weighted by molar-refractivity contribution is 5.64. The summed E-state index contributed by atoms with van der Waals surface area (Å²) in [4.78, 5) is 12.0.